The lowest BCUT2D eigenvalue weighted by Crippen LogP contribution is -2.52. The first-order valence-corrected chi connectivity index (χ1v) is 8.46. The van der Waals surface area contributed by atoms with E-state index in [4.69, 9.17) is 0 Å². The van der Waals surface area contributed by atoms with Crippen LogP contribution in [0.1, 0.15) is 12.0 Å². The number of halogens is 3. The fourth-order valence-corrected chi connectivity index (χ4v) is 3.67. The first kappa shape index (κ1) is 17.3. The van der Waals surface area contributed by atoms with Crippen LogP contribution in [-0.4, -0.2) is 35.3 Å². The molecule has 0 unspecified atom stereocenters. The molecule has 138 valence electrons. The number of benzene rings is 2. The summed E-state index contributed by atoms with van der Waals surface area (Å²) in [6, 6.07) is 8.23. The predicted octanol–water partition coefficient (Wildman–Crippen LogP) is 3.13. The summed E-state index contributed by atoms with van der Waals surface area (Å²) in [4.78, 5) is 28.0. The maximum atomic E-state index is 13.5. The van der Waals surface area contributed by atoms with Crippen molar-refractivity contribution in [1.82, 2.24) is 4.90 Å². The number of fused-ring (bicyclic) bond motifs is 2. The van der Waals surface area contributed by atoms with E-state index in [1.165, 1.54) is 40.2 Å². The lowest BCUT2D eigenvalue weighted by Gasteiger charge is -2.33. The van der Waals surface area contributed by atoms with Gasteiger partial charge in [-0.1, -0.05) is 12.1 Å². The van der Waals surface area contributed by atoms with Crippen molar-refractivity contribution in [2.45, 2.75) is 18.5 Å². The Bertz CT molecular complexity index is 960. The number of nitrogens with zero attached hydrogens (tertiary/aromatic N) is 2. The SMILES string of the molecule is O=C(/C=C/c1cccc(F)c1)N1C[C@@H]2C[C@H]1C(=O)N2c1ccc(F)c(F)c1. The molecule has 2 aliphatic rings. The van der Waals surface area contributed by atoms with Crippen LogP contribution in [0.5, 0.6) is 0 Å². The lowest BCUT2D eigenvalue weighted by atomic mass is 10.2. The molecule has 2 aliphatic heterocycles. The largest absolute Gasteiger partial charge is 0.325 e. The van der Waals surface area contributed by atoms with Gasteiger partial charge < -0.3 is 9.80 Å². The molecule has 0 aliphatic carbocycles. The quantitative estimate of drug-likeness (QED) is 0.777. The molecule has 2 saturated heterocycles. The van der Waals surface area contributed by atoms with E-state index in [1.54, 1.807) is 12.1 Å². The molecule has 0 aromatic heterocycles. The van der Waals surface area contributed by atoms with Gasteiger partial charge in [-0.25, -0.2) is 13.2 Å². The van der Waals surface area contributed by atoms with Gasteiger partial charge in [-0.2, -0.15) is 0 Å². The van der Waals surface area contributed by atoms with Crippen molar-refractivity contribution in [1.29, 1.82) is 0 Å². The third-order valence-corrected chi connectivity index (χ3v) is 4.90. The lowest BCUT2D eigenvalue weighted by molar-refractivity contribution is -0.134. The van der Waals surface area contributed by atoms with Gasteiger partial charge >= 0.3 is 0 Å². The van der Waals surface area contributed by atoms with Crippen molar-refractivity contribution >= 4 is 23.6 Å². The topological polar surface area (TPSA) is 40.6 Å². The molecule has 7 heteroatoms. The molecule has 2 amide bonds. The van der Waals surface area contributed by atoms with Crippen molar-refractivity contribution in [3.05, 3.63) is 71.6 Å². The van der Waals surface area contributed by atoms with Crippen LogP contribution in [0.2, 0.25) is 0 Å². The number of hydrogen-bond acceptors (Lipinski definition) is 2. The highest BCUT2D eigenvalue weighted by atomic mass is 19.2. The summed E-state index contributed by atoms with van der Waals surface area (Å²) in [6.07, 6.45) is 3.25. The normalized spacial score (nSPS) is 21.5. The van der Waals surface area contributed by atoms with E-state index in [9.17, 15) is 22.8 Å². The van der Waals surface area contributed by atoms with E-state index in [0.717, 1.165) is 12.1 Å². The maximum absolute atomic E-state index is 13.5. The highest BCUT2D eigenvalue weighted by Crippen LogP contribution is 2.36. The number of hydrogen-bond donors (Lipinski definition) is 0. The minimum atomic E-state index is -1.02. The minimum absolute atomic E-state index is 0.279. The van der Waals surface area contributed by atoms with Crippen molar-refractivity contribution in [2.24, 2.45) is 0 Å². The van der Waals surface area contributed by atoms with E-state index < -0.39 is 23.5 Å². The molecular formula is C20H15F3N2O2. The smallest absolute Gasteiger partial charge is 0.250 e. The molecule has 27 heavy (non-hydrogen) atoms. The molecule has 2 aromatic carbocycles. The number of rotatable bonds is 3. The number of carbonyl (C=O) groups excluding carboxylic acids is 2. The molecule has 2 fully saturated rings. The van der Waals surface area contributed by atoms with Crippen LogP contribution in [0.25, 0.3) is 6.08 Å². The van der Waals surface area contributed by atoms with Crippen molar-refractivity contribution < 1.29 is 22.8 Å². The Balaban J connectivity index is 1.49. The summed E-state index contributed by atoms with van der Waals surface area (Å²) in [5, 5.41) is 0. The monoisotopic (exact) mass is 372 g/mol. The first-order chi connectivity index (χ1) is 12.9. The summed E-state index contributed by atoms with van der Waals surface area (Å²) < 4.78 is 39.8. The summed E-state index contributed by atoms with van der Waals surface area (Å²) in [5.74, 6) is -3.05. The molecule has 2 bridgehead atoms. The van der Waals surface area contributed by atoms with E-state index in [1.807, 2.05) is 0 Å². The average Bonchev–Trinajstić information content (AvgIpc) is 3.20. The molecule has 2 atom stereocenters. The van der Waals surface area contributed by atoms with E-state index in [-0.39, 0.29) is 23.5 Å². The number of carbonyl (C=O) groups is 2. The second-order valence-corrected chi connectivity index (χ2v) is 6.59. The Kier molecular flexibility index (Phi) is 4.22. The van der Waals surface area contributed by atoms with Gasteiger partial charge in [-0.3, -0.25) is 9.59 Å². The molecule has 0 N–H and O–H groups in total. The number of likely N-dealkylation sites (tertiary alicyclic amines) is 1. The van der Waals surface area contributed by atoms with Gasteiger partial charge in [0, 0.05) is 24.4 Å². The van der Waals surface area contributed by atoms with Gasteiger partial charge in [0.15, 0.2) is 11.6 Å². The summed E-state index contributed by atoms with van der Waals surface area (Å²) >= 11 is 0. The minimum Gasteiger partial charge on any atom is -0.325 e. The second-order valence-electron chi connectivity index (χ2n) is 6.59. The zero-order valence-corrected chi connectivity index (χ0v) is 14.1. The molecular weight excluding hydrogens is 357 g/mol. The van der Waals surface area contributed by atoms with Crippen molar-refractivity contribution in [3.63, 3.8) is 0 Å². The number of piperazine rings is 1. The van der Waals surface area contributed by atoms with Crippen LogP contribution < -0.4 is 4.90 Å². The second kappa shape index (κ2) is 6.57. The zero-order valence-electron chi connectivity index (χ0n) is 14.1. The maximum Gasteiger partial charge on any atom is 0.250 e. The molecule has 0 spiro atoms. The number of amides is 2. The van der Waals surface area contributed by atoms with Crippen molar-refractivity contribution in [2.75, 3.05) is 11.4 Å². The summed E-state index contributed by atoms with van der Waals surface area (Å²) in [7, 11) is 0. The van der Waals surface area contributed by atoms with Crippen LogP contribution >= 0.6 is 0 Å². The third kappa shape index (κ3) is 3.09. The summed E-state index contributed by atoms with van der Waals surface area (Å²) in [6.45, 7) is 0.307. The molecule has 2 aromatic rings. The van der Waals surface area contributed by atoms with Crippen LogP contribution in [0.3, 0.4) is 0 Å². The van der Waals surface area contributed by atoms with E-state index in [2.05, 4.69) is 0 Å². The Morgan fingerprint density at radius 1 is 1.07 bits per heavy atom. The Labute approximate surface area is 153 Å². The fraction of sp³-hybridized carbons (Fsp3) is 0.200. The van der Waals surface area contributed by atoms with Gasteiger partial charge in [-0.15, -0.1) is 0 Å². The fourth-order valence-electron chi connectivity index (χ4n) is 3.67. The molecule has 0 saturated carbocycles. The average molecular weight is 372 g/mol. The van der Waals surface area contributed by atoms with Crippen LogP contribution in [-0.2, 0) is 9.59 Å². The Morgan fingerprint density at radius 3 is 2.59 bits per heavy atom. The molecule has 4 nitrogen and oxygen atoms in total. The predicted molar refractivity (Wildman–Crippen MR) is 93.2 cm³/mol. The highest BCUT2D eigenvalue weighted by molar-refractivity contribution is 6.05. The highest BCUT2D eigenvalue weighted by Gasteiger charge is 2.51. The van der Waals surface area contributed by atoms with E-state index >= 15 is 0 Å². The first-order valence-electron chi connectivity index (χ1n) is 8.46. The van der Waals surface area contributed by atoms with Crippen molar-refractivity contribution in [3.8, 4) is 0 Å². The molecule has 0 radical (unpaired) electrons. The van der Waals surface area contributed by atoms with Gasteiger partial charge in [0.1, 0.15) is 11.9 Å². The van der Waals surface area contributed by atoms with Gasteiger partial charge in [-0.05, 0) is 42.3 Å². The van der Waals surface area contributed by atoms with Gasteiger partial charge in [0.2, 0.25) is 11.8 Å². The summed E-state index contributed by atoms with van der Waals surface area (Å²) in [5.41, 5.74) is 0.830. The van der Waals surface area contributed by atoms with Crippen LogP contribution in [0.15, 0.2) is 48.5 Å². The molecule has 2 heterocycles. The van der Waals surface area contributed by atoms with Crippen LogP contribution in [0.4, 0.5) is 18.9 Å². The van der Waals surface area contributed by atoms with Crippen LogP contribution in [0, 0.1) is 17.5 Å². The third-order valence-electron chi connectivity index (χ3n) is 4.90. The Morgan fingerprint density at radius 2 is 1.89 bits per heavy atom. The van der Waals surface area contributed by atoms with Gasteiger partial charge in [0.05, 0.1) is 6.04 Å². The van der Waals surface area contributed by atoms with E-state index in [0.29, 0.717) is 18.5 Å². The number of anilines is 1. The standard InChI is InChI=1S/C20H15F3N2O2/c21-13-3-1-2-12(8-13)4-7-19(26)24-11-15-10-18(24)20(27)25(15)14-5-6-16(22)17(23)9-14/h1-9,15,18H,10-11H2/b7-4+/t15-,18-/m0/s1. The Hall–Kier alpha value is -3.09. The van der Waals surface area contributed by atoms with Gasteiger partial charge in [0.25, 0.3) is 0 Å². The molecule has 4 rings (SSSR count). The zero-order chi connectivity index (χ0) is 19.1.